The van der Waals surface area contributed by atoms with Crippen molar-refractivity contribution in [1.82, 2.24) is 5.32 Å². The molecule has 39 heavy (non-hydrogen) atoms. The van der Waals surface area contributed by atoms with Crippen LogP contribution in [0.25, 0.3) is 16.8 Å². The van der Waals surface area contributed by atoms with Gasteiger partial charge in [-0.1, -0.05) is 73.2 Å². The molecule has 1 aliphatic rings. The molecule has 0 spiro atoms. The number of nitrogens with one attached hydrogen (secondary N) is 1. The van der Waals surface area contributed by atoms with Crippen LogP contribution in [0.4, 0.5) is 10.5 Å². The van der Waals surface area contributed by atoms with E-state index in [4.69, 9.17) is 4.18 Å². The molecule has 1 N–H and O–H groups in total. The zero-order chi connectivity index (χ0) is 27.7. The maximum Gasteiger partial charge on any atom is 0.339 e. The van der Waals surface area contributed by atoms with E-state index in [9.17, 15) is 22.8 Å². The maximum atomic E-state index is 13.6. The van der Waals surface area contributed by atoms with E-state index < -0.39 is 28.0 Å². The average molecular weight is 541 g/mol. The fraction of sp³-hybridized carbons (Fsp3) is 0.100. The first-order valence-corrected chi connectivity index (χ1v) is 13.6. The second-order valence-corrected chi connectivity index (χ2v) is 10.5. The Morgan fingerprint density at radius 1 is 0.872 bits per heavy atom. The van der Waals surface area contributed by atoms with Crippen LogP contribution in [0.3, 0.4) is 0 Å². The van der Waals surface area contributed by atoms with E-state index in [-0.39, 0.29) is 21.8 Å². The smallest absolute Gasteiger partial charge is 0.339 e. The highest BCUT2D eigenvalue weighted by Crippen LogP contribution is 2.34. The highest BCUT2D eigenvalue weighted by molar-refractivity contribution is 7.87. The fourth-order valence-electron chi connectivity index (χ4n) is 4.42. The van der Waals surface area contributed by atoms with Gasteiger partial charge in [0, 0.05) is 5.56 Å². The summed E-state index contributed by atoms with van der Waals surface area (Å²) in [5, 5.41) is 3.52. The summed E-state index contributed by atoms with van der Waals surface area (Å²) in [6.07, 6.45) is 1.83. The number of barbiturate groups is 1. The van der Waals surface area contributed by atoms with Gasteiger partial charge in [0.1, 0.15) is 10.5 Å². The number of aryl methyl sites for hydroxylation is 2. The van der Waals surface area contributed by atoms with Crippen LogP contribution in [0, 0.1) is 6.92 Å². The van der Waals surface area contributed by atoms with Gasteiger partial charge in [-0.3, -0.25) is 14.9 Å². The summed E-state index contributed by atoms with van der Waals surface area (Å²) in [5.41, 5.74) is 1.86. The second kappa shape index (κ2) is 10.2. The summed E-state index contributed by atoms with van der Waals surface area (Å²) in [7, 11) is -4.24. The zero-order valence-corrected chi connectivity index (χ0v) is 22.0. The van der Waals surface area contributed by atoms with E-state index in [2.05, 4.69) is 5.32 Å². The van der Waals surface area contributed by atoms with Crippen molar-refractivity contribution in [3.05, 3.63) is 107 Å². The predicted octanol–water partition coefficient (Wildman–Crippen LogP) is 5.14. The molecule has 4 amide bonds. The van der Waals surface area contributed by atoms with Crippen LogP contribution < -0.4 is 14.4 Å². The number of nitrogens with zero attached hydrogens (tertiary/aromatic N) is 1. The van der Waals surface area contributed by atoms with Gasteiger partial charge in [0.15, 0.2) is 5.75 Å². The third kappa shape index (κ3) is 4.92. The molecule has 0 unspecified atom stereocenters. The Kier molecular flexibility index (Phi) is 6.76. The van der Waals surface area contributed by atoms with E-state index in [0.29, 0.717) is 17.5 Å². The van der Waals surface area contributed by atoms with Crippen molar-refractivity contribution in [2.75, 3.05) is 4.90 Å². The Labute approximate surface area is 225 Å². The van der Waals surface area contributed by atoms with Crippen LogP contribution in [0.1, 0.15) is 23.6 Å². The molecule has 196 valence electrons. The van der Waals surface area contributed by atoms with Gasteiger partial charge < -0.3 is 4.18 Å². The van der Waals surface area contributed by atoms with Gasteiger partial charge in [0.25, 0.3) is 11.8 Å². The normalized spacial score (nSPS) is 15.1. The van der Waals surface area contributed by atoms with Crippen molar-refractivity contribution in [3.63, 3.8) is 0 Å². The molecule has 0 atom stereocenters. The van der Waals surface area contributed by atoms with Gasteiger partial charge in [0.05, 0.1) is 5.69 Å². The van der Waals surface area contributed by atoms with Crippen LogP contribution in [0.15, 0.2) is 95.4 Å². The first kappa shape index (κ1) is 25.9. The van der Waals surface area contributed by atoms with Crippen molar-refractivity contribution in [1.29, 1.82) is 0 Å². The lowest BCUT2D eigenvalue weighted by molar-refractivity contribution is -0.122. The standard InChI is InChI=1S/C30H24N2O6S/c1-3-20-8-5-7-11-26(20)32-29(34)25(28(33)31-30(32)35)18-24-23-10-6-4-9-21(23)14-17-27(24)38-39(36,37)22-15-12-19(2)13-16-22/h4-18H,3H2,1-2H3,(H,31,33,35)/b25-18-. The minimum absolute atomic E-state index is 0.0423. The molecule has 1 saturated heterocycles. The molecule has 8 nitrogen and oxygen atoms in total. The predicted molar refractivity (Wildman–Crippen MR) is 148 cm³/mol. The van der Waals surface area contributed by atoms with Crippen LogP contribution in [-0.4, -0.2) is 26.3 Å². The first-order valence-electron chi connectivity index (χ1n) is 12.2. The number of carbonyl (C=O) groups excluding carboxylic acids is 3. The molecule has 1 fully saturated rings. The number of hydrogen-bond donors (Lipinski definition) is 1. The summed E-state index contributed by atoms with van der Waals surface area (Å²) in [4.78, 5) is 40.2. The topological polar surface area (TPSA) is 110 Å². The quantitative estimate of drug-likeness (QED) is 0.206. The molecular weight excluding hydrogens is 516 g/mol. The van der Waals surface area contributed by atoms with E-state index in [1.165, 1.54) is 24.3 Å². The Bertz CT molecular complexity index is 1780. The number of fused-ring (bicyclic) bond motifs is 1. The van der Waals surface area contributed by atoms with Crippen LogP contribution in [-0.2, 0) is 26.1 Å². The second-order valence-electron chi connectivity index (χ2n) is 8.99. The highest BCUT2D eigenvalue weighted by Gasteiger charge is 2.38. The molecule has 0 saturated carbocycles. The Morgan fingerprint density at radius 2 is 1.56 bits per heavy atom. The number of carbonyl (C=O) groups is 3. The van der Waals surface area contributed by atoms with Crippen molar-refractivity contribution in [3.8, 4) is 5.75 Å². The Balaban J connectivity index is 1.65. The molecule has 0 radical (unpaired) electrons. The number of urea groups is 1. The van der Waals surface area contributed by atoms with Gasteiger partial charge in [-0.2, -0.15) is 8.42 Å². The van der Waals surface area contributed by atoms with Gasteiger partial charge in [-0.25, -0.2) is 9.69 Å². The van der Waals surface area contributed by atoms with Gasteiger partial charge in [-0.05, 0) is 60.0 Å². The number of para-hydroxylation sites is 1. The van der Waals surface area contributed by atoms with Crippen molar-refractivity contribution in [2.45, 2.75) is 25.2 Å². The van der Waals surface area contributed by atoms with E-state index in [0.717, 1.165) is 21.4 Å². The lowest BCUT2D eigenvalue weighted by atomic mass is 9.99. The van der Waals surface area contributed by atoms with Crippen LogP contribution in [0.5, 0.6) is 5.75 Å². The summed E-state index contributed by atoms with van der Waals surface area (Å²) in [5.74, 6) is -1.79. The number of rotatable bonds is 6. The number of imide groups is 2. The SMILES string of the molecule is CCc1ccccc1N1C(=O)NC(=O)/C(=C/c2c(OS(=O)(=O)c3ccc(C)cc3)ccc3ccccc23)C1=O. The highest BCUT2D eigenvalue weighted by atomic mass is 32.2. The third-order valence-electron chi connectivity index (χ3n) is 6.44. The number of benzene rings is 4. The Morgan fingerprint density at radius 3 is 2.31 bits per heavy atom. The van der Waals surface area contributed by atoms with E-state index in [1.54, 1.807) is 54.6 Å². The molecule has 0 bridgehead atoms. The summed E-state index contributed by atoms with van der Waals surface area (Å²) in [6.45, 7) is 3.73. The minimum atomic E-state index is -4.24. The molecule has 4 aromatic carbocycles. The molecule has 5 rings (SSSR count). The summed E-state index contributed by atoms with van der Waals surface area (Å²) < 4.78 is 31.8. The molecule has 1 aliphatic heterocycles. The fourth-order valence-corrected chi connectivity index (χ4v) is 5.36. The lowest BCUT2D eigenvalue weighted by Crippen LogP contribution is -2.54. The van der Waals surface area contributed by atoms with E-state index >= 15 is 0 Å². The lowest BCUT2D eigenvalue weighted by Gasteiger charge is -2.28. The van der Waals surface area contributed by atoms with Gasteiger partial charge >= 0.3 is 16.1 Å². The monoisotopic (exact) mass is 540 g/mol. The first-order chi connectivity index (χ1) is 18.7. The van der Waals surface area contributed by atoms with Crippen LogP contribution >= 0.6 is 0 Å². The third-order valence-corrected chi connectivity index (χ3v) is 7.69. The number of anilines is 1. The average Bonchev–Trinajstić information content (AvgIpc) is 2.92. The largest absolute Gasteiger partial charge is 0.378 e. The molecule has 1 heterocycles. The Hall–Kier alpha value is -4.76. The van der Waals surface area contributed by atoms with Gasteiger partial charge in [-0.15, -0.1) is 0 Å². The maximum absolute atomic E-state index is 13.6. The van der Waals surface area contributed by atoms with Crippen molar-refractivity contribution in [2.24, 2.45) is 0 Å². The van der Waals surface area contributed by atoms with E-state index in [1.807, 2.05) is 26.0 Å². The zero-order valence-electron chi connectivity index (χ0n) is 21.2. The molecular formula is C30H24N2O6S. The van der Waals surface area contributed by atoms with Gasteiger partial charge in [0.2, 0.25) is 0 Å². The molecule has 9 heteroatoms. The van der Waals surface area contributed by atoms with Crippen molar-refractivity contribution < 1.29 is 27.0 Å². The molecule has 0 aliphatic carbocycles. The van der Waals surface area contributed by atoms with Crippen molar-refractivity contribution >= 4 is 50.5 Å². The number of amides is 4. The summed E-state index contributed by atoms with van der Waals surface area (Å²) in [6, 6.07) is 22.5. The van der Waals surface area contributed by atoms with Crippen LogP contribution in [0.2, 0.25) is 0 Å². The molecule has 4 aromatic rings. The number of hydrogen-bond acceptors (Lipinski definition) is 6. The summed E-state index contributed by atoms with van der Waals surface area (Å²) >= 11 is 0. The minimum Gasteiger partial charge on any atom is -0.378 e. The molecule has 0 aromatic heterocycles.